The van der Waals surface area contributed by atoms with Crippen LogP contribution in [0.1, 0.15) is 35.3 Å². The number of fused-ring (bicyclic) bond motifs is 1. The number of hydrogen-bond donors (Lipinski definition) is 2. The van der Waals surface area contributed by atoms with Crippen LogP contribution in [0.3, 0.4) is 0 Å². The molecule has 0 atom stereocenters. The van der Waals surface area contributed by atoms with Crippen molar-refractivity contribution < 1.29 is 13.9 Å². The number of hydrogen-bond acceptors (Lipinski definition) is 4. The van der Waals surface area contributed by atoms with Crippen LogP contribution in [0.4, 0.5) is 10.1 Å². The van der Waals surface area contributed by atoms with E-state index in [4.69, 9.17) is 4.74 Å². The van der Waals surface area contributed by atoms with Gasteiger partial charge in [0, 0.05) is 11.9 Å². The Kier molecular flexibility index (Phi) is 5.54. The molecule has 2 aromatic carbocycles. The van der Waals surface area contributed by atoms with Crippen molar-refractivity contribution in [2.24, 2.45) is 0 Å². The number of carbonyl (C=O) groups excluding carboxylic acids is 1. The molecule has 0 saturated carbocycles. The number of aryl methyl sites for hydroxylation is 1. The SMILES string of the molecule is CCOC(=O)c1c(NCc2ccc(CC)cc2)c2cc(F)ccc2[nH]c1=O. The van der Waals surface area contributed by atoms with Gasteiger partial charge in [0.25, 0.3) is 5.56 Å². The normalized spacial score (nSPS) is 10.8. The molecular weight excluding hydrogens is 347 g/mol. The second-order valence-corrected chi connectivity index (χ2v) is 6.14. The summed E-state index contributed by atoms with van der Waals surface area (Å²) in [6, 6.07) is 12.0. The fourth-order valence-electron chi connectivity index (χ4n) is 2.93. The molecule has 0 saturated heterocycles. The van der Waals surface area contributed by atoms with Gasteiger partial charge in [-0.15, -0.1) is 0 Å². The van der Waals surface area contributed by atoms with Gasteiger partial charge in [-0.05, 0) is 42.7 Å². The summed E-state index contributed by atoms with van der Waals surface area (Å²) in [6.45, 7) is 4.26. The number of pyridine rings is 1. The summed E-state index contributed by atoms with van der Waals surface area (Å²) in [5, 5.41) is 3.55. The largest absolute Gasteiger partial charge is 0.462 e. The van der Waals surface area contributed by atoms with Crippen LogP contribution in [0.2, 0.25) is 0 Å². The highest BCUT2D eigenvalue weighted by atomic mass is 19.1. The Morgan fingerprint density at radius 2 is 1.81 bits per heavy atom. The second-order valence-electron chi connectivity index (χ2n) is 6.14. The molecular formula is C21H21FN2O3. The molecule has 27 heavy (non-hydrogen) atoms. The third kappa shape index (κ3) is 4.00. The molecule has 2 N–H and O–H groups in total. The summed E-state index contributed by atoms with van der Waals surface area (Å²) in [4.78, 5) is 27.4. The third-order valence-electron chi connectivity index (χ3n) is 4.36. The lowest BCUT2D eigenvalue weighted by Crippen LogP contribution is -2.23. The number of carbonyl (C=O) groups is 1. The zero-order valence-corrected chi connectivity index (χ0v) is 15.3. The highest BCUT2D eigenvalue weighted by Gasteiger charge is 2.21. The molecule has 1 heterocycles. The van der Waals surface area contributed by atoms with E-state index in [1.54, 1.807) is 6.92 Å². The van der Waals surface area contributed by atoms with Crippen LogP contribution in [-0.2, 0) is 17.7 Å². The van der Waals surface area contributed by atoms with Gasteiger partial charge in [-0.1, -0.05) is 31.2 Å². The smallest absolute Gasteiger partial charge is 0.345 e. The molecule has 0 amide bonds. The Hall–Kier alpha value is -3.15. The van der Waals surface area contributed by atoms with Crippen LogP contribution in [0.25, 0.3) is 10.9 Å². The van der Waals surface area contributed by atoms with Gasteiger partial charge in [-0.2, -0.15) is 0 Å². The monoisotopic (exact) mass is 368 g/mol. The Balaban J connectivity index is 2.06. The van der Waals surface area contributed by atoms with Crippen molar-refractivity contribution in [2.45, 2.75) is 26.8 Å². The van der Waals surface area contributed by atoms with Crippen LogP contribution in [0.15, 0.2) is 47.3 Å². The molecule has 6 heteroatoms. The van der Waals surface area contributed by atoms with E-state index in [0.717, 1.165) is 12.0 Å². The summed E-state index contributed by atoms with van der Waals surface area (Å²) >= 11 is 0. The quantitative estimate of drug-likeness (QED) is 0.645. The summed E-state index contributed by atoms with van der Waals surface area (Å²) in [5.41, 5.74) is 2.18. The van der Waals surface area contributed by atoms with E-state index >= 15 is 0 Å². The van der Waals surface area contributed by atoms with Gasteiger partial charge in [0.15, 0.2) is 0 Å². The zero-order chi connectivity index (χ0) is 19.4. The molecule has 0 bridgehead atoms. The van der Waals surface area contributed by atoms with Crippen molar-refractivity contribution in [1.82, 2.24) is 4.98 Å². The highest BCUT2D eigenvalue weighted by Crippen LogP contribution is 2.26. The minimum Gasteiger partial charge on any atom is -0.462 e. The summed E-state index contributed by atoms with van der Waals surface area (Å²) in [6.07, 6.45) is 0.943. The van der Waals surface area contributed by atoms with Gasteiger partial charge in [0.1, 0.15) is 11.4 Å². The second kappa shape index (κ2) is 8.03. The van der Waals surface area contributed by atoms with Crippen molar-refractivity contribution in [2.75, 3.05) is 11.9 Å². The van der Waals surface area contributed by atoms with E-state index in [-0.39, 0.29) is 17.9 Å². The van der Waals surface area contributed by atoms with Crippen LogP contribution < -0.4 is 10.9 Å². The predicted molar refractivity (Wildman–Crippen MR) is 104 cm³/mol. The van der Waals surface area contributed by atoms with Crippen LogP contribution >= 0.6 is 0 Å². The van der Waals surface area contributed by atoms with Crippen LogP contribution in [0, 0.1) is 5.82 Å². The van der Waals surface area contributed by atoms with E-state index in [1.807, 2.05) is 24.3 Å². The van der Waals surface area contributed by atoms with Crippen molar-refractivity contribution >= 4 is 22.6 Å². The first kappa shape index (κ1) is 18.6. The van der Waals surface area contributed by atoms with E-state index in [1.165, 1.54) is 23.8 Å². The van der Waals surface area contributed by atoms with Crippen molar-refractivity contribution in [3.05, 3.63) is 75.3 Å². The topological polar surface area (TPSA) is 71.2 Å². The molecule has 0 aliphatic rings. The average Bonchev–Trinajstić information content (AvgIpc) is 2.66. The standard InChI is InChI=1S/C21H21FN2O3/c1-3-13-5-7-14(8-6-13)12-23-19-16-11-15(22)9-10-17(16)24-20(25)18(19)21(26)27-4-2/h5-11H,3-4,12H2,1-2H3,(H2,23,24,25). The van der Waals surface area contributed by atoms with Gasteiger partial charge in [0.05, 0.1) is 17.8 Å². The maximum Gasteiger partial charge on any atom is 0.345 e. The lowest BCUT2D eigenvalue weighted by Gasteiger charge is -2.14. The Bertz CT molecular complexity index is 1030. The number of aromatic nitrogens is 1. The third-order valence-corrected chi connectivity index (χ3v) is 4.36. The fourth-order valence-corrected chi connectivity index (χ4v) is 2.93. The zero-order valence-electron chi connectivity index (χ0n) is 15.3. The maximum atomic E-state index is 13.8. The van der Waals surface area contributed by atoms with Gasteiger partial charge >= 0.3 is 5.97 Å². The molecule has 0 unspecified atom stereocenters. The first-order chi connectivity index (χ1) is 13.0. The molecule has 0 aliphatic carbocycles. The van der Waals surface area contributed by atoms with Crippen LogP contribution in [-0.4, -0.2) is 17.6 Å². The number of H-pyrrole nitrogens is 1. The molecule has 140 valence electrons. The number of anilines is 1. The van der Waals surface area contributed by atoms with Crippen molar-refractivity contribution in [3.8, 4) is 0 Å². The number of ether oxygens (including phenoxy) is 1. The van der Waals surface area contributed by atoms with Crippen LogP contribution in [0.5, 0.6) is 0 Å². The Morgan fingerprint density at radius 1 is 1.11 bits per heavy atom. The molecule has 0 aliphatic heterocycles. The van der Waals surface area contributed by atoms with E-state index in [2.05, 4.69) is 17.2 Å². The Morgan fingerprint density at radius 3 is 2.48 bits per heavy atom. The predicted octanol–water partition coefficient (Wildman–Crippen LogP) is 4.02. The number of esters is 1. The van der Waals surface area contributed by atoms with E-state index in [9.17, 15) is 14.0 Å². The van der Waals surface area contributed by atoms with E-state index < -0.39 is 17.3 Å². The van der Waals surface area contributed by atoms with Crippen molar-refractivity contribution in [3.63, 3.8) is 0 Å². The minimum absolute atomic E-state index is 0.136. The summed E-state index contributed by atoms with van der Waals surface area (Å²) < 4.78 is 18.8. The fraction of sp³-hybridized carbons (Fsp3) is 0.238. The number of aromatic amines is 1. The molecule has 5 nitrogen and oxygen atoms in total. The summed E-state index contributed by atoms with van der Waals surface area (Å²) in [7, 11) is 0. The molecule has 3 rings (SSSR count). The first-order valence-electron chi connectivity index (χ1n) is 8.87. The Labute approximate surface area is 156 Å². The van der Waals surface area contributed by atoms with Crippen molar-refractivity contribution in [1.29, 1.82) is 0 Å². The average molecular weight is 368 g/mol. The molecule has 3 aromatic rings. The lowest BCUT2D eigenvalue weighted by atomic mass is 10.1. The van der Waals surface area contributed by atoms with Gasteiger partial charge in [-0.25, -0.2) is 9.18 Å². The first-order valence-corrected chi connectivity index (χ1v) is 8.87. The van der Waals surface area contributed by atoms with Gasteiger partial charge in [-0.3, -0.25) is 4.79 Å². The molecule has 1 aromatic heterocycles. The highest BCUT2D eigenvalue weighted by molar-refractivity contribution is 6.04. The number of benzene rings is 2. The molecule has 0 radical (unpaired) electrons. The maximum absolute atomic E-state index is 13.8. The molecule has 0 fully saturated rings. The number of nitrogens with one attached hydrogen (secondary N) is 2. The van der Waals surface area contributed by atoms with E-state index in [0.29, 0.717) is 17.4 Å². The van der Waals surface area contributed by atoms with Gasteiger partial charge in [0.2, 0.25) is 0 Å². The number of halogens is 1. The number of rotatable bonds is 6. The molecule has 0 spiro atoms. The van der Waals surface area contributed by atoms with Gasteiger partial charge < -0.3 is 15.0 Å². The lowest BCUT2D eigenvalue weighted by molar-refractivity contribution is 0.0525. The summed E-state index contributed by atoms with van der Waals surface area (Å²) in [5.74, 6) is -1.20. The minimum atomic E-state index is -0.742.